The molecule has 2 aromatic rings. The SMILES string of the molecule is Cc1cc(C)nc(Nc2cc(C3CCCN(C(=O)CC(C)C)C3)nc(C)n2)n1. The van der Waals surface area contributed by atoms with E-state index in [4.69, 9.17) is 0 Å². The molecule has 28 heavy (non-hydrogen) atoms. The molecule has 3 rings (SSSR count). The van der Waals surface area contributed by atoms with Gasteiger partial charge in [0, 0.05) is 42.9 Å². The molecule has 1 aliphatic rings. The van der Waals surface area contributed by atoms with Crippen LogP contribution in [0.1, 0.15) is 61.9 Å². The number of aromatic nitrogens is 4. The zero-order valence-electron chi connectivity index (χ0n) is 17.5. The number of piperidine rings is 1. The van der Waals surface area contributed by atoms with Gasteiger partial charge < -0.3 is 10.2 Å². The Hall–Kier alpha value is -2.57. The Morgan fingerprint density at radius 2 is 1.86 bits per heavy atom. The van der Waals surface area contributed by atoms with Gasteiger partial charge in [0.1, 0.15) is 11.6 Å². The molecule has 1 fully saturated rings. The third kappa shape index (κ3) is 5.24. The lowest BCUT2D eigenvalue weighted by molar-refractivity contribution is -0.133. The second-order valence-electron chi connectivity index (χ2n) is 8.10. The first-order valence-corrected chi connectivity index (χ1v) is 10.0. The van der Waals surface area contributed by atoms with Gasteiger partial charge in [-0.25, -0.2) is 19.9 Å². The van der Waals surface area contributed by atoms with Crippen molar-refractivity contribution in [1.29, 1.82) is 0 Å². The summed E-state index contributed by atoms with van der Waals surface area (Å²) in [7, 11) is 0. The van der Waals surface area contributed by atoms with Crippen molar-refractivity contribution in [3.8, 4) is 0 Å². The molecule has 0 spiro atoms. The molecule has 0 aliphatic carbocycles. The summed E-state index contributed by atoms with van der Waals surface area (Å²) in [6.45, 7) is 11.5. The lowest BCUT2D eigenvalue weighted by atomic mass is 9.93. The Kier molecular flexibility index (Phi) is 6.21. The fourth-order valence-electron chi connectivity index (χ4n) is 3.68. The van der Waals surface area contributed by atoms with Crippen LogP contribution in [-0.2, 0) is 4.79 Å². The molecule has 7 nitrogen and oxygen atoms in total. The summed E-state index contributed by atoms with van der Waals surface area (Å²) >= 11 is 0. The smallest absolute Gasteiger partial charge is 0.228 e. The summed E-state index contributed by atoms with van der Waals surface area (Å²) in [5, 5.41) is 3.21. The average molecular weight is 383 g/mol. The molecule has 0 radical (unpaired) electrons. The van der Waals surface area contributed by atoms with Crippen molar-refractivity contribution >= 4 is 17.7 Å². The summed E-state index contributed by atoms with van der Waals surface area (Å²) < 4.78 is 0. The van der Waals surface area contributed by atoms with E-state index in [1.54, 1.807) is 0 Å². The van der Waals surface area contributed by atoms with Gasteiger partial charge >= 0.3 is 0 Å². The van der Waals surface area contributed by atoms with Crippen LogP contribution in [0.2, 0.25) is 0 Å². The van der Waals surface area contributed by atoms with Crippen LogP contribution in [0, 0.1) is 26.7 Å². The van der Waals surface area contributed by atoms with Crippen molar-refractivity contribution < 1.29 is 4.79 Å². The van der Waals surface area contributed by atoms with Crippen LogP contribution in [-0.4, -0.2) is 43.8 Å². The third-order valence-electron chi connectivity index (χ3n) is 4.86. The first kappa shape index (κ1) is 20.2. The second kappa shape index (κ2) is 8.63. The fraction of sp³-hybridized carbons (Fsp3) is 0.571. The van der Waals surface area contributed by atoms with Crippen molar-refractivity contribution in [2.75, 3.05) is 18.4 Å². The van der Waals surface area contributed by atoms with Crippen molar-refractivity contribution in [3.05, 3.63) is 35.0 Å². The quantitative estimate of drug-likeness (QED) is 0.849. The Morgan fingerprint density at radius 3 is 2.54 bits per heavy atom. The molecule has 1 amide bonds. The highest BCUT2D eigenvalue weighted by Gasteiger charge is 2.26. The lowest BCUT2D eigenvalue weighted by Crippen LogP contribution is -2.39. The van der Waals surface area contributed by atoms with Gasteiger partial charge in [-0.15, -0.1) is 0 Å². The Balaban J connectivity index is 1.77. The van der Waals surface area contributed by atoms with Crippen LogP contribution in [0.5, 0.6) is 0 Å². The molecule has 7 heteroatoms. The molecule has 0 saturated carbocycles. The summed E-state index contributed by atoms with van der Waals surface area (Å²) in [6.07, 6.45) is 2.63. The van der Waals surface area contributed by atoms with Crippen LogP contribution in [0.3, 0.4) is 0 Å². The van der Waals surface area contributed by atoms with Gasteiger partial charge in [0.2, 0.25) is 11.9 Å². The number of anilines is 2. The van der Waals surface area contributed by atoms with Gasteiger partial charge in [-0.3, -0.25) is 4.79 Å². The minimum Gasteiger partial charge on any atom is -0.342 e. The highest BCUT2D eigenvalue weighted by Crippen LogP contribution is 2.28. The van der Waals surface area contributed by atoms with Crippen LogP contribution < -0.4 is 5.32 Å². The highest BCUT2D eigenvalue weighted by molar-refractivity contribution is 5.76. The Bertz CT molecular complexity index is 831. The second-order valence-corrected chi connectivity index (χ2v) is 8.10. The van der Waals surface area contributed by atoms with Crippen LogP contribution in [0.25, 0.3) is 0 Å². The standard InChI is InChI=1S/C21H30N6O/c1-13(2)9-20(28)27-8-6-7-17(12-27)18-11-19(25-16(5)24-18)26-21-22-14(3)10-15(4)23-21/h10-11,13,17H,6-9,12H2,1-5H3,(H,22,23,24,25,26). The topological polar surface area (TPSA) is 83.9 Å². The maximum atomic E-state index is 12.5. The summed E-state index contributed by atoms with van der Waals surface area (Å²) in [5.74, 6) is 2.79. The Morgan fingerprint density at radius 1 is 1.14 bits per heavy atom. The Labute approximate surface area is 167 Å². The number of hydrogen-bond donors (Lipinski definition) is 1. The number of rotatable bonds is 5. The molecule has 1 unspecified atom stereocenters. The van der Waals surface area contributed by atoms with E-state index in [1.165, 1.54) is 0 Å². The average Bonchev–Trinajstić information content (AvgIpc) is 2.60. The number of nitrogens with one attached hydrogen (secondary N) is 1. The van der Waals surface area contributed by atoms with Gasteiger partial charge in [0.05, 0.1) is 5.69 Å². The zero-order chi connectivity index (χ0) is 20.3. The zero-order valence-corrected chi connectivity index (χ0v) is 17.5. The first-order chi connectivity index (χ1) is 13.3. The van der Waals surface area contributed by atoms with E-state index in [0.29, 0.717) is 29.9 Å². The largest absolute Gasteiger partial charge is 0.342 e. The van der Waals surface area contributed by atoms with E-state index in [2.05, 4.69) is 39.1 Å². The summed E-state index contributed by atoms with van der Waals surface area (Å²) in [6, 6.07) is 3.90. The predicted octanol–water partition coefficient (Wildman–Crippen LogP) is 3.69. The van der Waals surface area contributed by atoms with Gasteiger partial charge in [0.25, 0.3) is 0 Å². The first-order valence-electron chi connectivity index (χ1n) is 10.0. The number of amides is 1. The monoisotopic (exact) mass is 382 g/mol. The van der Waals surface area contributed by atoms with E-state index < -0.39 is 0 Å². The summed E-state index contributed by atoms with van der Waals surface area (Å²) in [4.78, 5) is 32.5. The normalized spacial score (nSPS) is 17.1. The minimum atomic E-state index is 0.229. The number of nitrogens with zero attached hydrogens (tertiary/aromatic N) is 5. The third-order valence-corrected chi connectivity index (χ3v) is 4.86. The summed E-state index contributed by atoms with van der Waals surface area (Å²) in [5.41, 5.74) is 2.79. The molecule has 3 heterocycles. The van der Waals surface area contributed by atoms with Gasteiger partial charge in [-0.05, 0) is 45.6 Å². The fourth-order valence-corrected chi connectivity index (χ4v) is 3.68. The van der Waals surface area contributed by atoms with E-state index >= 15 is 0 Å². The molecule has 150 valence electrons. The molecule has 1 aliphatic heterocycles. The van der Waals surface area contributed by atoms with Gasteiger partial charge in [-0.1, -0.05) is 13.8 Å². The van der Waals surface area contributed by atoms with Crippen LogP contribution in [0.4, 0.5) is 11.8 Å². The molecular weight excluding hydrogens is 352 g/mol. The van der Waals surface area contributed by atoms with Crippen LogP contribution >= 0.6 is 0 Å². The maximum absolute atomic E-state index is 12.5. The molecular formula is C21H30N6O. The molecule has 2 aromatic heterocycles. The minimum absolute atomic E-state index is 0.229. The van der Waals surface area contributed by atoms with E-state index in [9.17, 15) is 4.79 Å². The number of hydrogen-bond acceptors (Lipinski definition) is 6. The molecule has 0 bridgehead atoms. The van der Waals surface area contributed by atoms with E-state index in [-0.39, 0.29) is 11.8 Å². The van der Waals surface area contributed by atoms with Gasteiger partial charge in [0.15, 0.2) is 0 Å². The van der Waals surface area contributed by atoms with Crippen molar-refractivity contribution in [2.45, 2.75) is 59.8 Å². The number of likely N-dealkylation sites (tertiary alicyclic amines) is 1. The maximum Gasteiger partial charge on any atom is 0.228 e. The van der Waals surface area contributed by atoms with E-state index in [1.807, 2.05) is 37.8 Å². The molecule has 1 saturated heterocycles. The van der Waals surface area contributed by atoms with Gasteiger partial charge in [-0.2, -0.15) is 0 Å². The van der Waals surface area contributed by atoms with E-state index in [0.717, 1.165) is 43.0 Å². The molecule has 1 N–H and O–H groups in total. The molecule has 0 aromatic carbocycles. The van der Waals surface area contributed by atoms with Crippen molar-refractivity contribution in [1.82, 2.24) is 24.8 Å². The molecule has 1 atom stereocenters. The highest BCUT2D eigenvalue weighted by atomic mass is 16.2. The number of carbonyl (C=O) groups excluding carboxylic acids is 1. The van der Waals surface area contributed by atoms with Crippen molar-refractivity contribution in [2.24, 2.45) is 5.92 Å². The lowest BCUT2D eigenvalue weighted by Gasteiger charge is -2.33. The van der Waals surface area contributed by atoms with Crippen LogP contribution in [0.15, 0.2) is 12.1 Å². The van der Waals surface area contributed by atoms with Crippen molar-refractivity contribution in [3.63, 3.8) is 0 Å². The predicted molar refractivity (Wildman–Crippen MR) is 110 cm³/mol. The number of aryl methyl sites for hydroxylation is 3. The number of carbonyl (C=O) groups is 1.